The minimum atomic E-state index is -4.57. The van der Waals surface area contributed by atoms with Crippen LogP contribution < -0.4 is 10.1 Å². The van der Waals surface area contributed by atoms with E-state index in [4.69, 9.17) is 4.74 Å². The normalized spacial score (nSPS) is 14.1. The van der Waals surface area contributed by atoms with E-state index < -0.39 is 17.8 Å². The summed E-state index contributed by atoms with van der Waals surface area (Å²) in [7, 11) is 0. The van der Waals surface area contributed by atoms with E-state index in [1.807, 2.05) is 0 Å². The molecule has 1 fully saturated rings. The van der Waals surface area contributed by atoms with Crippen molar-refractivity contribution in [3.8, 4) is 29.0 Å². The van der Waals surface area contributed by atoms with Crippen LogP contribution in [0.15, 0.2) is 36.7 Å². The number of halogens is 3. The minimum absolute atomic E-state index is 0.0127. The van der Waals surface area contributed by atoms with E-state index in [2.05, 4.69) is 42.2 Å². The number of anilines is 1. The van der Waals surface area contributed by atoms with E-state index in [-0.39, 0.29) is 17.4 Å². The minimum Gasteiger partial charge on any atom is -0.490 e. The van der Waals surface area contributed by atoms with Gasteiger partial charge < -0.3 is 19.9 Å². The average Bonchev–Trinajstić information content (AvgIpc) is 3.56. The Morgan fingerprint density at radius 2 is 1.97 bits per heavy atom. The van der Waals surface area contributed by atoms with Crippen molar-refractivity contribution in [3.63, 3.8) is 0 Å². The first-order chi connectivity index (χ1) is 17.7. The molecule has 0 bridgehead atoms. The van der Waals surface area contributed by atoms with Crippen LogP contribution in [0, 0.1) is 11.8 Å². The molecule has 3 N–H and O–H groups in total. The summed E-state index contributed by atoms with van der Waals surface area (Å²) in [5.41, 5.74) is 0.0111. The first-order valence-corrected chi connectivity index (χ1v) is 11.4. The van der Waals surface area contributed by atoms with Crippen molar-refractivity contribution in [2.24, 2.45) is 0 Å². The Labute approximate surface area is 210 Å². The van der Waals surface area contributed by atoms with Gasteiger partial charge in [-0.05, 0) is 30.2 Å². The molecule has 0 aliphatic carbocycles. The highest BCUT2D eigenvalue weighted by molar-refractivity contribution is 6.05. The van der Waals surface area contributed by atoms with Gasteiger partial charge in [0.05, 0.1) is 11.9 Å². The SMILES string of the molecule is CC(=O)N1CCN(CCOc2ccc(-c3ncc(C(F)(F)F)[nH]3)cc2NC(=O)C#Cc2ccn[nH]2)CC1. The molecule has 1 aliphatic heterocycles. The Bertz CT molecular complexity index is 1300. The zero-order valence-corrected chi connectivity index (χ0v) is 19.9. The fourth-order valence-corrected chi connectivity index (χ4v) is 3.69. The van der Waals surface area contributed by atoms with E-state index in [1.165, 1.54) is 12.3 Å². The van der Waals surface area contributed by atoms with E-state index in [1.54, 1.807) is 30.0 Å². The molecule has 2 amide bonds. The standard InChI is InChI=1S/C24H24F3N7O3/c1-16(35)34-10-8-33(9-11-34)12-13-37-20-4-2-17(23-28-15-21(31-23)24(25,26)27)14-19(20)30-22(36)5-3-18-6-7-29-32-18/h2,4,6-7,14-15H,8-13H2,1H3,(H,28,31)(H,29,32)(H,30,36). The van der Waals surface area contributed by atoms with Crippen molar-refractivity contribution in [2.75, 3.05) is 44.6 Å². The van der Waals surface area contributed by atoms with Crippen molar-refractivity contribution >= 4 is 17.5 Å². The molecule has 13 heteroatoms. The van der Waals surface area contributed by atoms with Gasteiger partial charge in [0.25, 0.3) is 0 Å². The summed E-state index contributed by atoms with van der Waals surface area (Å²) in [4.78, 5) is 34.0. The molecular formula is C24H24F3N7O3. The molecule has 194 valence electrons. The molecule has 0 spiro atoms. The summed E-state index contributed by atoms with van der Waals surface area (Å²) < 4.78 is 44.9. The summed E-state index contributed by atoms with van der Waals surface area (Å²) in [5, 5.41) is 9.01. The lowest BCUT2D eigenvalue weighted by molar-refractivity contribution is -0.140. The molecule has 1 aliphatic rings. The predicted molar refractivity (Wildman–Crippen MR) is 127 cm³/mol. The summed E-state index contributed by atoms with van der Waals surface area (Å²) in [5.74, 6) is 4.77. The van der Waals surface area contributed by atoms with Crippen LogP contribution in [-0.2, 0) is 15.8 Å². The number of benzene rings is 1. The molecule has 37 heavy (non-hydrogen) atoms. The van der Waals surface area contributed by atoms with Crippen LogP contribution in [0.5, 0.6) is 5.75 Å². The highest BCUT2D eigenvalue weighted by Gasteiger charge is 2.33. The summed E-state index contributed by atoms with van der Waals surface area (Å²) in [6.07, 6.45) is -2.36. The smallest absolute Gasteiger partial charge is 0.432 e. The Morgan fingerprint density at radius 1 is 1.19 bits per heavy atom. The van der Waals surface area contributed by atoms with Gasteiger partial charge in [0, 0.05) is 57.3 Å². The topological polar surface area (TPSA) is 119 Å². The number of piperazine rings is 1. The second-order valence-electron chi connectivity index (χ2n) is 8.22. The molecule has 0 saturated carbocycles. The van der Waals surface area contributed by atoms with Crippen molar-refractivity contribution < 1.29 is 27.5 Å². The third-order valence-electron chi connectivity index (χ3n) is 5.68. The monoisotopic (exact) mass is 515 g/mol. The Hall–Kier alpha value is -4.31. The molecule has 3 aromatic rings. The van der Waals surface area contributed by atoms with Gasteiger partial charge >= 0.3 is 12.1 Å². The Morgan fingerprint density at radius 3 is 2.62 bits per heavy atom. The number of aromatic nitrogens is 4. The van der Waals surface area contributed by atoms with Crippen molar-refractivity contribution in [3.05, 3.63) is 48.0 Å². The number of nitrogens with zero attached hydrogens (tertiary/aromatic N) is 4. The van der Waals surface area contributed by atoms with Gasteiger partial charge in [0.15, 0.2) is 0 Å². The Balaban J connectivity index is 1.48. The number of amides is 2. The Kier molecular flexibility index (Phi) is 7.78. The highest BCUT2D eigenvalue weighted by atomic mass is 19.4. The van der Waals surface area contributed by atoms with E-state index in [0.717, 1.165) is 0 Å². The number of H-pyrrole nitrogens is 2. The number of ether oxygens (including phenoxy) is 1. The van der Waals surface area contributed by atoms with E-state index >= 15 is 0 Å². The van der Waals surface area contributed by atoms with Crippen LogP contribution in [0.3, 0.4) is 0 Å². The molecule has 2 aromatic heterocycles. The lowest BCUT2D eigenvalue weighted by Crippen LogP contribution is -2.48. The zero-order valence-electron chi connectivity index (χ0n) is 19.9. The zero-order chi connectivity index (χ0) is 26.4. The summed E-state index contributed by atoms with van der Waals surface area (Å²) in [6, 6.07) is 6.17. The average molecular weight is 515 g/mol. The number of alkyl halides is 3. The number of nitrogens with one attached hydrogen (secondary N) is 3. The maximum atomic E-state index is 13.0. The largest absolute Gasteiger partial charge is 0.490 e. The van der Waals surface area contributed by atoms with Gasteiger partial charge in [-0.1, -0.05) is 0 Å². The second kappa shape index (κ2) is 11.2. The van der Waals surface area contributed by atoms with E-state index in [0.29, 0.717) is 62.5 Å². The third kappa shape index (κ3) is 6.89. The van der Waals surface area contributed by atoms with Gasteiger partial charge in [-0.3, -0.25) is 19.6 Å². The number of rotatable bonds is 6. The van der Waals surface area contributed by atoms with Gasteiger partial charge in [0.2, 0.25) is 5.91 Å². The number of carbonyl (C=O) groups is 2. The number of hydrogen-bond donors (Lipinski definition) is 3. The van der Waals surface area contributed by atoms with Crippen molar-refractivity contribution in [2.45, 2.75) is 13.1 Å². The molecular weight excluding hydrogens is 491 g/mol. The lowest BCUT2D eigenvalue weighted by atomic mass is 10.1. The van der Waals surface area contributed by atoms with Crippen molar-refractivity contribution in [1.82, 2.24) is 30.0 Å². The van der Waals surface area contributed by atoms with Gasteiger partial charge in [0.1, 0.15) is 29.6 Å². The fourth-order valence-electron chi connectivity index (χ4n) is 3.69. The molecule has 0 atom stereocenters. The highest BCUT2D eigenvalue weighted by Crippen LogP contribution is 2.32. The number of hydrogen-bond acceptors (Lipinski definition) is 6. The molecule has 0 radical (unpaired) electrons. The van der Waals surface area contributed by atoms with Crippen LogP contribution in [-0.4, -0.2) is 81.1 Å². The molecule has 4 rings (SSSR count). The molecule has 10 nitrogen and oxygen atoms in total. The van der Waals surface area contributed by atoms with Gasteiger partial charge in [-0.2, -0.15) is 18.3 Å². The summed E-state index contributed by atoms with van der Waals surface area (Å²) >= 11 is 0. The van der Waals surface area contributed by atoms with Crippen LogP contribution in [0.1, 0.15) is 18.3 Å². The maximum absolute atomic E-state index is 13.0. The quantitative estimate of drug-likeness (QED) is 0.434. The van der Waals surface area contributed by atoms with Gasteiger partial charge in [-0.25, -0.2) is 4.98 Å². The first kappa shape index (κ1) is 25.8. The molecule has 1 aromatic carbocycles. The molecule has 1 saturated heterocycles. The van der Waals surface area contributed by atoms with Crippen LogP contribution in [0.25, 0.3) is 11.4 Å². The third-order valence-corrected chi connectivity index (χ3v) is 5.68. The summed E-state index contributed by atoms with van der Waals surface area (Å²) in [6.45, 7) is 5.15. The van der Waals surface area contributed by atoms with Gasteiger partial charge in [-0.15, -0.1) is 0 Å². The molecule has 0 unspecified atom stereocenters. The van der Waals surface area contributed by atoms with Crippen LogP contribution >= 0.6 is 0 Å². The molecule has 3 heterocycles. The number of carbonyl (C=O) groups excluding carboxylic acids is 2. The second-order valence-corrected chi connectivity index (χ2v) is 8.22. The van der Waals surface area contributed by atoms with E-state index in [9.17, 15) is 22.8 Å². The number of aromatic amines is 2. The maximum Gasteiger partial charge on any atom is 0.432 e. The van der Waals surface area contributed by atoms with Crippen LogP contribution in [0.4, 0.5) is 18.9 Å². The fraction of sp³-hybridized carbons (Fsp3) is 0.333. The predicted octanol–water partition coefficient (Wildman–Crippen LogP) is 2.35. The lowest BCUT2D eigenvalue weighted by Gasteiger charge is -2.34. The van der Waals surface area contributed by atoms with Crippen LogP contribution in [0.2, 0.25) is 0 Å². The first-order valence-electron chi connectivity index (χ1n) is 11.4. The van der Waals surface area contributed by atoms with Crippen molar-refractivity contribution in [1.29, 1.82) is 0 Å². The number of imidazole rings is 1.